The lowest BCUT2D eigenvalue weighted by Crippen LogP contribution is -2.46. The summed E-state index contributed by atoms with van der Waals surface area (Å²) < 4.78 is 1.12. The minimum absolute atomic E-state index is 0.132. The van der Waals surface area contributed by atoms with Crippen LogP contribution in [0, 0.1) is 5.92 Å². The normalized spacial score (nSPS) is 20.2. The first-order chi connectivity index (χ1) is 10.1. The Morgan fingerprint density at radius 2 is 2.24 bits per heavy atom. The fourth-order valence-electron chi connectivity index (χ4n) is 3.01. The molecule has 2 heterocycles. The molecule has 1 aromatic heterocycles. The van der Waals surface area contributed by atoms with Crippen molar-refractivity contribution in [2.45, 2.75) is 38.3 Å². The van der Waals surface area contributed by atoms with Crippen LogP contribution in [0.25, 0.3) is 0 Å². The van der Waals surface area contributed by atoms with Gasteiger partial charge in [-0.05, 0) is 54.3 Å². The first-order valence-electron chi connectivity index (χ1n) is 7.52. The Bertz CT molecular complexity index is 471. The third-order valence-electron chi connectivity index (χ3n) is 4.30. The predicted molar refractivity (Wildman–Crippen MR) is 91.4 cm³/mol. The Morgan fingerprint density at radius 3 is 2.71 bits per heavy atom. The number of carbonyl (C=O) groups is 1. The second kappa shape index (κ2) is 7.72. The van der Waals surface area contributed by atoms with Crippen molar-refractivity contribution in [2.24, 2.45) is 11.7 Å². The molecule has 118 valence electrons. The molecule has 1 fully saturated rings. The number of likely N-dealkylation sites (tertiary alicyclic amines) is 1. The lowest BCUT2D eigenvalue weighted by Gasteiger charge is -2.39. The summed E-state index contributed by atoms with van der Waals surface area (Å²) in [6, 6.07) is 2.57. The van der Waals surface area contributed by atoms with Gasteiger partial charge in [0.15, 0.2) is 0 Å². The molecule has 0 aromatic carbocycles. The number of thiophene rings is 1. The first kappa shape index (κ1) is 16.9. The highest BCUT2D eigenvalue weighted by Gasteiger charge is 2.32. The van der Waals surface area contributed by atoms with Crippen molar-refractivity contribution >= 4 is 33.2 Å². The van der Waals surface area contributed by atoms with Crippen LogP contribution in [-0.4, -0.2) is 37.0 Å². The number of hydrogen-bond donors (Lipinski definition) is 2. The largest absolute Gasteiger partial charge is 0.359 e. The van der Waals surface area contributed by atoms with Gasteiger partial charge in [0.25, 0.3) is 0 Å². The lowest BCUT2D eigenvalue weighted by atomic mass is 9.93. The maximum Gasteiger partial charge on any atom is 0.222 e. The number of amides is 1. The molecule has 2 atom stereocenters. The fourth-order valence-corrected chi connectivity index (χ4v) is 4.67. The van der Waals surface area contributed by atoms with Gasteiger partial charge < -0.3 is 11.1 Å². The van der Waals surface area contributed by atoms with Crippen LogP contribution < -0.4 is 11.1 Å². The molecule has 0 aliphatic carbocycles. The van der Waals surface area contributed by atoms with Crippen molar-refractivity contribution in [1.29, 1.82) is 0 Å². The van der Waals surface area contributed by atoms with E-state index < -0.39 is 0 Å². The van der Waals surface area contributed by atoms with E-state index in [9.17, 15) is 4.79 Å². The summed E-state index contributed by atoms with van der Waals surface area (Å²) in [4.78, 5) is 15.5. The zero-order valence-electron chi connectivity index (χ0n) is 12.6. The van der Waals surface area contributed by atoms with E-state index in [1.807, 2.05) is 0 Å². The Morgan fingerprint density at radius 1 is 1.57 bits per heavy atom. The third-order valence-corrected chi connectivity index (χ3v) is 6.06. The number of piperidine rings is 1. The minimum atomic E-state index is 0.132. The highest BCUT2D eigenvalue weighted by atomic mass is 79.9. The third kappa shape index (κ3) is 4.06. The molecule has 1 amide bonds. The van der Waals surface area contributed by atoms with Crippen molar-refractivity contribution in [3.05, 3.63) is 20.8 Å². The van der Waals surface area contributed by atoms with Crippen molar-refractivity contribution in [2.75, 3.05) is 20.1 Å². The maximum atomic E-state index is 11.7. The standard InChI is InChI=1S/C15H24BrN3OS/c1-3-12(17)14(13-8-11(16)9-21-13)19-6-4-10(5-7-19)15(20)18-2/h8-10,12,14H,3-7,17H2,1-2H3,(H,18,20). The fraction of sp³-hybridized carbons (Fsp3) is 0.667. The summed E-state index contributed by atoms with van der Waals surface area (Å²) in [6.45, 7) is 4.01. The van der Waals surface area contributed by atoms with Gasteiger partial charge in [-0.1, -0.05) is 6.92 Å². The summed E-state index contributed by atoms with van der Waals surface area (Å²) in [6.07, 6.45) is 2.79. The van der Waals surface area contributed by atoms with E-state index in [1.54, 1.807) is 18.4 Å². The summed E-state index contributed by atoms with van der Waals surface area (Å²) in [5.41, 5.74) is 6.38. The molecule has 1 saturated heterocycles. The van der Waals surface area contributed by atoms with E-state index in [1.165, 1.54) is 4.88 Å². The van der Waals surface area contributed by atoms with E-state index >= 15 is 0 Å². The van der Waals surface area contributed by atoms with Crippen LogP contribution in [0.15, 0.2) is 15.9 Å². The van der Waals surface area contributed by atoms with E-state index in [-0.39, 0.29) is 23.9 Å². The van der Waals surface area contributed by atoms with E-state index in [2.05, 4.69) is 44.5 Å². The van der Waals surface area contributed by atoms with Gasteiger partial charge in [-0.25, -0.2) is 0 Å². The van der Waals surface area contributed by atoms with Gasteiger partial charge in [-0.3, -0.25) is 9.69 Å². The molecular weight excluding hydrogens is 350 g/mol. The summed E-state index contributed by atoms with van der Waals surface area (Å²) in [7, 11) is 1.72. The molecule has 4 nitrogen and oxygen atoms in total. The van der Waals surface area contributed by atoms with Crippen molar-refractivity contribution < 1.29 is 4.79 Å². The number of nitrogens with zero attached hydrogens (tertiary/aromatic N) is 1. The molecule has 0 bridgehead atoms. The van der Waals surface area contributed by atoms with Crippen LogP contribution >= 0.6 is 27.3 Å². The van der Waals surface area contributed by atoms with Gasteiger partial charge in [0, 0.05) is 33.7 Å². The summed E-state index contributed by atoms with van der Waals surface area (Å²) in [5.74, 6) is 0.324. The number of halogens is 1. The van der Waals surface area contributed by atoms with Crippen LogP contribution in [0.4, 0.5) is 0 Å². The smallest absolute Gasteiger partial charge is 0.222 e. The molecule has 21 heavy (non-hydrogen) atoms. The van der Waals surface area contributed by atoms with Crippen molar-refractivity contribution in [3.63, 3.8) is 0 Å². The van der Waals surface area contributed by atoms with Crippen LogP contribution in [0.5, 0.6) is 0 Å². The van der Waals surface area contributed by atoms with E-state index in [0.717, 1.165) is 36.8 Å². The van der Waals surface area contributed by atoms with Crippen LogP contribution in [0.1, 0.15) is 37.1 Å². The van der Waals surface area contributed by atoms with Gasteiger partial charge in [0.05, 0.1) is 6.04 Å². The predicted octanol–water partition coefficient (Wildman–Crippen LogP) is 2.75. The highest BCUT2D eigenvalue weighted by molar-refractivity contribution is 9.10. The first-order valence-corrected chi connectivity index (χ1v) is 9.19. The number of hydrogen-bond acceptors (Lipinski definition) is 4. The molecule has 1 aliphatic rings. The average Bonchev–Trinajstić information content (AvgIpc) is 2.93. The van der Waals surface area contributed by atoms with Gasteiger partial charge in [0.2, 0.25) is 5.91 Å². The topological polar surface area (TPSA) is 58.4 Å². The van der Waals surface area contributed by atoms with Gasteiger partial charge in [0.1, 0.15) is 0 Å². The number of carbonyl (C=O) groups excluding carboxylic acids is 1. The quantitative estimate of drug-likeness (QED) is 0.833. The Kier molecular flexibility index (Phi) is 6.22. The molecule has 1 aromatic rings. The molecular formula is C15H24BrN3OS. The van der Waals surface area contributed by atoms with Crippen molar-refractivity contribution in [3.8, 4) is 0 Å². The summed E-state index contributed by atoms with van der Waals surface area (Å²) in [5, 5.41) is 4.87. The Hall–Kier alpha value is -0.430. The zero-order chi connectivity index (χ0) is 15.4. The van der Waals surface area contributed by atoms with Crippen LogP contribution in [0.3, 0.4) is 0 Å². The van der Waals surface area contributed by atoms with Crippen molar-refractivity contribution in [1.82, 2.24) is 10.2 Å². The van der Waals surface area contributed by atoms with Crippen LogP contribution in [-0.2, 0) is 4.79 Å². The summed E-state index contributed by atoms with van der Waals surface area (Å²) >= 11 is 5.29. The van der Waals surface area contributed by atoms with Gasteiger partial charge in [-0.2, -0.15) is 0 Å². The molecule has 6 heteroatoms. The van der Waals surface area contributed by atoms with E-state index in [4.69, 9.17) is 5.73 Å². The molecule has 3 N–H and O–H groups in total. The lowest BCUT2D eigenvalue weighted by molar-refractivity contribution is -0.126. The van der Waals surface area contributed by atoms with Gasteiger partial charge in [-0.15, -0.1) is 11.3 Å². The maximum absolute atomic E-state index is 11.7. The Labute approximate surface area is 139 Å². The molecule has 0 saturated carbocycles. The molecule has 0 radical (unpaired) electrons. The number of rotatable bonds is 5. The van der Waals surface area contributed by atoms with Gasteiger partial charge >= 0.3 is 0 Å². The zero-order valence-corrected chi connectivity index (χ0v) is 15.0. The van der Waals surface area contributed by atoms with E-state index in [0.29, 0.717) is 0 Å². The molecule has 0 spiro atoms. The monoisotopic (exact) mass is 373 g/mol. The number of nitrogens with one attached hydrogen (secondary N) is 1. The highest BCUT2D eigenvalue weighted by Crippen LogP contribution is 2.34. The minimum Gasteiger partial charge on any atom is -0.359 e. The molecule has 1 aliphatic heterocycles. The van der Waals surface area contributed by atoms with Crippen LogP contribution in [0.2, 0.25) is 0 Å². The average molecular weight is 374 g/mol. The number of nitrogens with two attached hydrogens (primary N) is 1. The SMILES string of the molecule is CCC(N)C(c1cc(Br)cs1)N1CCC(C(=O)NC)CC1. The Balaban J connectivity index is 2.07. The molecule has 2 unspecified atom stereocenters. The second-order valence-corrected chi connectivity index (χ2v) is 7.47. The second-order valence-electron chi connectivity index (χ2n) is 5.61. The molecule has 2 rings (SSSR count).